The molecule has 0 saturated carbocycles. The fourth-order valence-corrected chi connectivity index (χ4v) is 3.40. The van der Waals surface area contributed by atoms with E-state index < -0.39 is 11.8 Å². The molecule has 3 amide bonds. The lowest BCUT2D eigenvalue weighted by Gasteiger charge is -2.17. The lowest BCUT2D eigenvalue weighted by atomic mass is 10.00. The minimum Gasteiger partial charge on any atom is -0.343 e. The zero-order valence-electron chi connectivity index (χ0n) is 15.7. The van der Waals surface area contributed by atoms with Crippen molar-refractivity contribution in [3.8, 4) is 0 Å². The van der Waals surface area contributed by atoms with Crippen LogP contribution in [-0.4, -0.2) is 39.2 Å². The summed E-state index contributed by atoms with van der Waals surface area (Å²) in [7, 11) is 0. The van der Waals surface area contributed by atoms with Gasteiger partial charge in [0.25, 0.3) is 11.9 Å². The van der Waals surface area contributed by atoms with Gasteiger partial charge in [0.05, 0.1) is 18.2 Å². The zero-order valence-corrected chi connectivity index (χ0v) is 16.5. The number of aryl methyl sites for hydroxylation is 1. The van der Waals surface area contributed by atoms with E-state index in [0.29, 0.717) is 17.8 Å². The monoisotopic (exact) mass is 400 g/mol. The Balaban J connectivity index is 1.74. The van der Waals surface area contributed by atoms with E-state index in [1.807, 2.05) is 24.4 Å². The first-order valence-corrected chi connectivity index (χ1v) is 9.63. The quantitative estimate of drug-likeness (QED) is 0.760. The Morgan fingerprint density at radius 3 is 2.68 bits per heavy atom. The van der Waals surface area contributed by atoms with Gasteiger partial charge in [-0.3, -0.25) is 14.4 Å². The molecule has 1 aliphatic heterocycles. The average molecular weight is 400 g/mol. The Morgan fingerprint density at radius 1 is 1.25 bits per heavy atom. The van der Waals surface area contributed by atoms with Gasteiger partial charge >= 0.3 is 11.8 Å². The van der Waals surface area contributed by atoms with E-state index in [4.69, 9.17) is 0 Å². The summed E-state index contributed by atoms with van der Waals surface area (Å²) in [5, 5.41) is 11.2. The number of aliphatic imine (C=N–C) groups is 2. The second-order valence-electron chi connectivity index (χ2n) is 6.26. The number of amides is 3. The van der Waals surface area contributed by atoms with Crippen molar-refractivity contribution in [2.24, 2.45) is 15.9 Å². The fraction of sp³-hybridized carbons (Fsp3) is 0.333. The normalized spacial score (nSPS) is 16.4. The summed E-state index contributed by atoms with van der Waals surface area (Å²) in [4.78, 5) is 45.8. The van der Waals surface area contributed by atoms with Crippen molar-refractivity contribution in [2.75, 3.05) is 5.32 Å². The third kappa shape index (κ3) is 4.22. The molecule has 0 bridgehead atoms. The lowest BCUT2D eigenvalue weighted by molar-refractivity contribution is -0.136. The van der Waals surface area contributed by atoms with E-state index in [1.165, 1.54) is 16.0 Å². The number of thiophene rings is 1. The molecule has 1 atom stereocenters. The summed E-state index contributed by atoms with van der Waals surface area (Å²) in [5.74, 6) is -1.98. The van der Waals surface area contributed by atoms with Gasteiger partial charge in [0.15, 0.2) is 0 Å². The minimum absolute atomic E-state index is 0.0644. The van der Waals surface area contributed by atoms with E-state index in [9.17, 15) is 14.4 Å². The van der Waals surface area contributed by atoms with Crippen molar-refractivity contribution in [2.45, 2.75) is 33.7 Å². The Bertz CT molecular complexity index is 974. The molecule has 10 heteroatoms. The van der Waals surface area contributed by atoms with Crippen molar-refractivity contribution in [1.29, 1.82) is 0 Å². The molecule has 2 aromatic heterocycles. The van der Waals surface area contributed by atoms with Crippen LogP contribution in [0, 0.1) is 12.8 Å². The third-order valence-electron chi connectivity index (χ3n) is 4.17. The van der Waals surface area contributed by atoms with Gasteiger partial charge < -0.3 is 10.6 Å². The maximum atomic E-state index is 12.2. The first-order chi connectivity index (χ1) is 13.4. The van der Waals surface area contributed by atoms with Gasteiger partial charge in [-0.15, -0.1) is 11.3 Å². The predicted octanol–water partition coefficient (Wildman–Crippen LogP) is 1.74. The highest BCUT2D eigenvalue weighted by Crippen LogP contribution is 2.17. The molecule has 0 saturated heterocycles. The average Bonchev–Trinajstić information content (AvgIpc) is 3.29. The SMILES string of the molecule is CCC1C(=O)N=C(n2nc(C)cc2NC(=O)C(=O)NCc2cccs2)N=C1C. The molecule has 2 aromatic rings. The molecule has 28 heavy (non-hydrogen) atoms. The van der Waals surface area contributed by atoms with Crippen LogP contribution < -0.4 is 10.6 Å². The smallest absolute Gasteiger partial charge is 0.314 e. The van der Waals surface area contributed by atoms with Crippen molar-refractivity contribution in [3.05, 3.63) is 34.2 Å². The van der Waals surface area contributed by atoms with Crippen LogP contribution in [0.5, 0.6) is 0 Å². The van der Waals surface area contributed by atoms with Crippen LogP contribution in [0.25, 0.3) is 0 Å². The maximum Gasteiger partial charge on any atom is 0.314 e. The van der Waals surface area contributed by atoms with Crippen LogP contribution in [0.4, 0.5) is 5.82 Å². The number of hydrogen-bond acceptors (Lipinski definition) is 6. The summed E-state index contributed by atoms with van der Waals surface area (Å²) in [5.41, 5.74) is 1.21. The van der Waals surface area contributed by atoms with Crippen LogP contribution in [0.1, 0.15) is 30.8 Å². The zero-order chi connectivity index (χ0) is 20.3. The Hall–Kier alpha value is -3.14. The molecule has 9 nitrogen and oxygen atoms in total. The molecule has 3 heterocycles. The first kappa shape index (κ1) is 19.6. The number of carbonyl (C=O) groups excluding carboxylic acids is 3. The number of nitrogens with one attached hydrogen (secondary N) is 2. The second-order valence-corrected chi connectivity index (χ2v) is 7.30. The lowest BCUT2D eigenvalue weighted by Crippen LogP contribution is -2.36. The van der Waals surface area contributed by atoms with E-state index in [-0.39, 0.29) is 30.1 Å². The number of hydrogen-bond donors (Lipinski definition) is 2. The number of anilines is 1. The van der Waals surface area contributed by atoms with Crippen molar-refractivity contribution in [3.63, 3.8) is 0 Å². The van der Waals surface area contributed by atoms with Gasteiger partial charge in [-0.25, -0.2) is 4.99 Å². The van der Waals surface area contributed by atoms with Crippen LogP contribution in [-0.2, 0) is 20.9 Å². The largest absolute Gasteiger partial charge is 0.343 e. The van der Waals surface area contributed by atoms with Crippen LogP contribution in [0.15, 0.2) is 33.6 Å². The summed E-state index contributed by atoms with van der Waals surface area (Å²) < 4.78 is 1.26. The highest BCUT2D eigenvalue weighted by atomic mass is 32.1. The van der Waals surface area contributed by atoms with Crippen LogP contribution >= 0.6 is 11.3 Å². The number of rotatable bonds is 4. The fourth-order valence-electron chi connectivity index (χ4n) is 2.76. The van der Waals surface area contributed by atoms with Gasteiger partial charge in [0.1, 0.15) is 5.82 Å². The molecule has 1 aliphatic rings. The number of carbonyl (C=O) groups is 3. The number of aromatic nitrogens is 2. The molecule has 0 aliphatic carbocycles. The van der Waals surface area contributed by atoms with E-state index >= 15 is 0 Å². The summed E-state index contributed by atoms with van der Waals surface area (Å²) in [6, 6.07) is 5.31. The summed E-state index contributed by atoms with van der Waals surface area (Å²) in [6.45, 7) is 5.64. The minimum atomic E-state index is -0.840. The maximum absolute atomic E-state index is 12.2. The molecule has 2 N–H and O–H groups in total. The van der Waals surface area contributed by atoms with Gasteiger partial charge in [0.2, 0.25) is 0 Å². The van der Waals surface area contributed by atoms with E-state index in [1.54, 1.807) is 19.9 Å². The Morgan fingerprint density at radius 2 is 2.04 bits per heavy atom. The molecule has 0 aromatic carbocycles. The Kier molecular flexibility index (Phi) is 5.78. The van der Waals surface area contributed by atoms with Crippen LogP contribution in [0.2, 0.25) is 0 Å². The molecular weight excluding hydrogens is 380 g/mol. The Labute approximate surface area is 165 Å². The van der Waals surface area contributed by atoms with Crippen molar-refractivity contribution < 1.29 is 14.4 Å². The summed E-state index contributed by atoms with van der Waals surface area (Å²) >= 11 is 1.48. The molecular formula is C18H20N6O3S. The highest BCUT2D eigenvalue weighted by Gasteiger charge is 2.27. The molecule has 0 radical (unpaired) electrons. The standard InChI is InChI=1S/C18H20N6O3S/c1-4-13-11(3)20-18(22-15(13)25)24-14(8-10(2)23-24)21-17(27)16(26)19-9-12-6-5-7-28-12/h5-8,13H,4,9H2,1-3H3,(H,19,26)(H,21,27). The van der Waals surface area contributed by atoms with Gasteiger partial charge in [-0.1, -0.05) is 13.0 Å². The molecule has 3 rings (SSSR count). The topological polar surface area (TPSA) is 118 Å². The molecule has 146 valence electrons. The van der Waals surface area contributed by atoms with Gasteiger partial charge in [-0.05, 0) is 31.7 Å². The molecule has 0 fully saturated rings. The number of nitrogens with zero attached hydrogens (tertiary/aromatic N) is 4. The van der Waals surface area contributed by atoms with Crippen molar-refractivity contribution in [1.82, 2.24) is 15.1 Å². The highest BCUT2D eigenvalue weighted by molar-refractivity contribution is 7.09. The van der Waals surface area contributed by atoms with Crippen molar-refractivity contribution >= 4 is 46.5 Å². The van der Waals surface area contributed by atoms with E-state index in [0.717, 1.165) is 4.88 Å². The van der Waals surface area contributed by atoms with Gasteiger partial charge in [-0.2, -0.15) is 14.8 Å². The predicted molar refractivity (Wildman–Crippen MR) is 106 cm³/mol. The third-order valence-corrected chi connectivity index (χ3v) is 5.05. The first-order valence-electron chi connectivity index (χ1n) is 8.75. The second kappa shape index (κ2) is 8.26. The van der Waals surface area contributed by atoms with E-state index in [2.05, 4.69) is 25.7 Å². The summed E-state index contributed by atoms with van der Waals surface area (Å²) in [6.07, 6.45) is 0.608. The molecule has 0 spiro atoms. The molecule has 1 unspecified atom stereocenters. The van der Waals surface area contributed by atoms with Crippen LogP contribution in [0.3, 0.4) is 0 Å². The van der Waals surface area contributed by atoms with Gasteiger partial charge in [0, 0.05) is 16.7 Å².